The van der Waals surface area contributed by atoms with Gasteiger partial charge in [0.25, 0.3) is 0 Å². The number of hydrogen-bond donors (Lipinski definition) is 1. The molecular formula is C9H20NNaO2. The fraction of sp³-hybridized carbons (Fsp3) is 0.889. The van der Waals surface area contributed by atoms with Crippen molar-refractivity contribution in [2.45, 2.75) is 39.2 Å². The van der Waals surface area contributed by atoms with E-state index in [4.69, 9.17) is 5.11 Å². The average molecular weight is 197 g/mol. The minimum atomic E-state index is -0.742. The van der Waals surface area contributed by atoms with Crippen LogP contribution in [0.15, 0.2) is 0 Å². The number of nitrogens with zero attached hydrogens (tertiary/aromatic N) is 1. The van der Waals surface area contributed by atoms with Gasteiger partial charge in [0, 0.05) is 0 Å². The molecule has 0 rings (SSSR count). The molecule has 0 aromatic rings. The Bertz CT molecular complexity index is 147. The summed E-state index contributed by atoms with van der Waals surface area (Å²) in [4.78, 5) is 12.4. The van der Waals surface area contributed by atoms with Crippen LogP contribution in [0, 0.1) is 0 Å². The molecule has 1 atom stereocenters. The van der Waals surface area contributed by atoms with Crippen LogP contribution in [0.4, 0.5) is 0 Å². The molecule has 0 fully saturated rings. The van der Waals surface area contributed by atoms with E-state index in [9.17, 15) is 4.79 Å². The van der Waals surface area contributed by atoms with Gasteiger partial charge in [0.05, 0.1) is 0 Å². The Hall–Kier alpha value is 0.430. The number of rotatable bonds is 6. The maximum atomic E-state index is 10.5. The van der Waals surface area contributed by atoms with Crippen LogP contribution in [0.2, 0.25) is 0 Å². The van der Waals surface area contributed by atoms with E-state index in [0.29, 0.717) is 0 Å². The van der Waals surface area contributed by atoms with Crippen LogP contribution < -0.4 is 29.6 Å². The molecule has 0 saturated heterocycles. The van der Waals surface area contributed by atoms with Crippen molar-refractivity contribution in [1.29, 1.82) is 0 Å². The number of carboxylic acids is 1. The molecule has 0 unspecified atom stereocenters. The van der Waals surface area contributed by atoms with Gasteiger partial charge in [0.1, 0.15) is 6.04 Å². The summed E-state index contributed by atoms with van der Waals surface area (Å²) in [5.41, 5.74) is 0. The van der Waals surface area contributed by atoms with E-state index >= 15 is 0 Å². The summed E-state index contributed by atoms with van der Waals surface area (Å²) in [5, 5.41) is 8.67. The first-order chi connectivity index (χ1) is 5.59. The summed E-state index contributed by atoms with van der Waals surface area (Å²) in [6.07, 6.45) is 3.44. The van der Waals surface area contributed by atoms with Gasteiger partial charge in [-0.05, 0) is 26.9 Å². The number of hydrogen-bond acceptors (Lipinski definition) is 2. The molecule has 0 amide bonds. The van der Waals surface area contributed by atoms with Crippen molar-refractivity contribution in [2.75, 3.05) is 13.6 Å². The Morgan fingerprint density at radius 3 is 2.46 bits per heavy atom. The molecule has 4 heteroatoms. The van der Waals surface area contributed by atoms with Gasteiger partial charge >= 0.3 is 35.5 Å². The monoisotopic (exact) mass is 197 g/mol. The number of carbonyl (C=O) groups is 1. The number of carboxylic acid groups (broad SMARTS) is 1. The van der Waals surface area contributed by atoms with E-state index in [1.807, 2.05) is 11.9 Å². The van der Waals surface area contributed by atoms with Crippen molar-refractivity contribution < 1.29 is 40.9 Å². The van der Waals surface area contributed by atoms with E-state index < -0.39 is 5.97 Å². The molecule has 0 radical (unpaired) electrons. The van der Waals surface area contributed by atoms with Gasteiger partial charge in [-0.15, -0.1) is 0 Å². The zero-order chi connectivity index (χ0) is 9.56. The molecular weight excluding hydrogens is 177 g/mol. The molecule has 3 nitrogen and oxygen atoms in total. The quantitative estimate of drug-likeness (QED) is 0.425. The summed E-state index contributed by atoms with van der Waals surface area (Å²) in [7, 11) is 1.86. The van der Waals surface area contributed by atoms with E-state index in [1.165, 1.54) is 12.8 Å². The molecule has 13 heavy (non-hydrogen) atoms. The third-order valence-corrected chi connectivity index (χ3v) is 2.13. The Balaban J connectivity index is -0.000000605. The summed E-state index contributed by atoms with van der Waals surface area (Å²) in [6, 6.07) is -0.359. The van der Waals surface area contributed by atoms with Crippen molar-refractivity contribution in [3.05, 3.63) is 0 Å². The second-order valence-corrected chi connectivity index (χ2v) is 3.20. The van der Waals surface area contributed by atoms with Gasteiger partial charge in [-0.1, -0.05) is 19.8 Å². The van der Waals surface area contributed by atoms with E-state index in [0.717, 1.165) is 13.0 Å². The SMILES string of the molecule is CCCCCN(C)[C@@H](C)C(=O)O.[H-].[Na+]. The van der Waals surface area contributed by atoms with Crippen LogP contribution in [-0.2, 0) is 4.79 Å². The smallest absolute Gasteiger partial charge is 1.00 e. The Kier molecular flexibility index (Phi) is 11.0. The predicted octanol–water partition coefficient (Wildman–Crippen LogP) is -1.30. The zero-order valence-electron chi connectivity index (χ0n) is 10.2. The van der Waals surface area contributed by atoms with Gasteiger partial charge in [-0.25, -0.2) is 0 Å². The van der Waals surface area contributed by atoms with E-state index in [-0.39, 0.29) is 37.0 Å². The second-order valence-electron chi connectivity index (χ2n) is 3.20. The standard InChI is InChI=1S/C9H19NO2.Na.H/c1-4-5-6-7-10(3)8(2)9(11)12;;/h8H,4-7H2,1-3H3,(H,11,12);;/q;+1;-1/t8-;;/m0../s1. The first kappa shape index (κ1) is 15.9. The normalized spacial score (nSPS) is 12.3. The fourth-order valence-corrected chi connectivity index (χ4v) is 0.993. The molecule has 0 bridgehead atoms. The number of unbranched alkanes of at least 4 members (excludes halogenated alkanes) is 2. The molecule has 0 aliphatic rings. The van der Waals surface area contributed by atoms with Gasteiger partial charge in [0.15, 0.2) is 0 Å². The zero-order valence-corrected chi connectivity index (χ0v) is 11.2. The molecule has 0 heterocycles. The van der Waals surface area contributed by atoms with E-state index in [1.54, 1.807) is 6.92 Å². The van der Waals surface area contributed by atoms with Gasteiger partial charge in [0.2, 0.25) is 0 Å². The van der Waals surface area contributed by atoms with Crippen LogP contribution in [0.5, 0.6) is 0 Å². The van der Waals surface area contributed by atoms with Crippen LogP contribution >= 0.6 is 0 Å². The Morgan fingerprint density at radius 2 is 2.08 bits per heavy atom. The summed E-state index contributed by atoms with van der Waals surface area (Å²) in [6.45, 7) is 4.73. The topological polar surface area (TPSA) is 40.5 Å². The molecule has 1 N–H and O–H groups in total. The van der Waals surface area contributed by atoms with Crippen LogP contribution in [-0.4, -0.2) is 35.6 Å². The Labute approximate surface area is 104 Å². The average Bonchev–Trinajstić information content (AvgIpc) is 2.03. The second kappa shape index (κ2) is 9.00. The Morgan fingerprint density at radius 1 is 1.54 bits per heavy atom. The van der Waals surface area contributed by atoms with Gasteiger partial charge in [-0.2, -0.15) is 0 Å². The van der Waals surface area contributed by atoms with Crippen molar-refractivity contribution >= 4 is 5.97 Å². The first-order valence-electron chi connectivity index (χ1n) is 4.52. The van der Waals surface area contributed by atoms with Crippen molar-refractivity contribution in [2.24, 2.45) is 0 Å². The van der Waals surface area contributed by atoms with Crippen LogP contribution in [0.1, 0.15) is 34.5 Å². The van der Waals surface area contributed by atoms with Crippen molar-refractivity contribution in [1.82, 2.24) is 4.90 Å². The molecule has 0 aliphatic heterocycles. The molecule has 0 aliphatic carbocycles. The van der Waals surface area contributed by atoms with Crippen LogP contribution in [0.3, 0.4) is 0 Å². The maximum absolute atomic E-state index is 10.5. The summed E-state index contributed by atoms with van der Waals surface area (Å²) >= 11 is 0. The maximum Gasteiger partial charge on any atom is 1.00 e. The van der Waals surface area contributed by atoms with Gasteiger partial charge < -0.3 is 6.53 Å². The van der Waals surface area contributed by atoms with Crippen molar-refractivity contribution in [3.8, 4) is 0 Å². The third kappa shape index (κ3) is 7.50. The fourth-order valence-electron chi connectivity index (χ4n) is 0.993. The summed E-state index contributed by atoms with van der Waals surface area (Å²) in [5.74, 6) is -0.742. The molecule has 0 aromatic heterocycles. The van der Waals surface area contributed by atoms with E-state index in [2.05, 4.69) is 6.92 Å². The molecule has 0 spiro atoms. The minimum absolute atomic E-state index is 0. The molecule has 0 aromatic carbocycles. The largest absolute Gasteiger partial charge is 1.00 e. The van der Waals surface area contributed by atoms with Crippen LogP contribution in [0.25, 0.3) is 0 Å². The molecule has 74 valence electrons. The predicted molar refractivity (Wildman–Crippen MR) is 50.4 cm³/mol. The van der Waals surface area contributed by atoms with Gasteiger partial charge in [-0.3, -0.25) is 9.69 Å². The minimum Gasteiger partial charge on any atom is -1.00 e. The number of likely N-dealkylation sites (N-methyl/N-ethyl adjacent to an activating group) is 1. The first-order valence-corrected chi connectivity index (χ1v) is 4.52. The molecule has 0 saturated carbocycles. The third-order valence-electron chi connectivity index (χ3n) is 2.13. The van der Waals surface area contributed by atoms with Crippen molar-refractivity contribution in [3.63, 3.8) is 0 Å². The summed E-state index contributed by atoms with van der Waals surface area (Å²) < 4.78 is 0. The number of aliphatic carboxylic acids is 1.